The smallest absolute Gasteiger partial charge is 0.295 e. The lowest BCUT2D eigenvalue weighted by Crippen LogP contribution is -2.42. The van der Waals surface area contributed by atoms with Crippen LogP contribution in [0, 0.1) is 0 Å². The summed E-state index contributed by atoms with van der Waals surface area (Å²) in [5.41, 5.74) is 1.87. The number of oxazole rings is 1. The lowest BCUT2D eigenvalue weighted by Gasteiger charge is -2.30. The molecule has 1 aromatic carbocycles. The molecule has 2 aromatic heterocycles. The van der Waals surface area contributed by atoms with E-state index in [4.69, 9.17) is 4.42 Å². The van der Waals surface area contributed by atoms with Crippen LogP contribution in [-0.4, -0.2) is 39.6 Å². The van der Waals surface area contributed by atoms with Gasteiger partial charge < -0.3 is 9.32 Å². The molecule has 25 heavy (non-hydrogen) atoms. The maximum Gasteiger partial charge on any atom is 0.295 e. The van der Waals surface area contributed by atoms with E-state index < -0.39 is 11.7 Å². The number of amides is 1. The van der Waals surface area contributed by atoms with E-state index in [0.717, 1.165) is 23.9 Å². The fourth-order valence-electron chi connectivity index (χ4n) is 3.19. The zero-order chi connectivity index (χ0) is 17.2. The molecule has 1 aliphatic heterocycles. The number of pyridine rings is 1. The summed E-state index contributed by atoms with van der Waals surface area (Å²) in [7, 11) is 0. The summed E-state index contributed by atoms with van der Waals surface area (Å²) in [5.74, 6) is -0.376. The molecule has 6 heteroatoms. The van der Waals surface area contributed by atoms with Gasteiger partial charge in [0.1, 0.15) is 5.52 Å². The number of piperidine rings is 1. The lowest BCUT2D eigenvalue weighted by atomic mass is 9.97. The third kappa shape index (κ3) is 3.03. The van der Waals surface area contributed by atoms with E-state index in [9.17, 15) is 9.59 Å². The average Bonchev–Trinajstić information content (AvgIpc) is 3.12. The van der Waals surface area contributed by atoms with Crippen LogP contribution in [0.2, 0.25) is 0 Å². The summed E-state index contributed by atoms with van der Waals surface area (Å²) < 4.78 is 5.84. The third-order valence-corrected chi connectivity index (χ3v) is 4.49. The zero-order valence-electron chi connectivity index (χ0n) is 13.6. The summed E-state index contributed by atoms with van der Waals surface area (Å²) >= 11 is 0. The number of Topliss-reactive ketones (excluding diaryl/α,β-unsaturated/α-hetero) is 1. The van der Waals surface area contributed by atoms with Crippen LogP contribution in [0.4, 0.5) is 0 Å². The molecule has 0 spiro atoms. The Labute approximate surface area is 144 Å². The third-order valence-electron chi connectivity index (χ3n) is 4.49. The zero-order valence-corrected chi connectivity index (χ0v) is 13.6. The number of nitrogens with zero attached hydrogens (tertiary/aromatic N) is 3. The van der Waals surface area contributed by atoms with Gasteiger partial charge in [0, 0.05) is 31.0 Å². The summed E-state index contributed by atoms with van der Waals surface area (Å²) in [6, 6.07) is 10.9. The molecule has 1 unspecified atom stereocenters. The first-order valence-corrected chi connectivity index (χ1v) is 8.31. The van der Waals surface area contributed by atoms with Gasteiger partial charge in [-0.05, 0) is 37.1 Å². The number of hydrogen-bond donors (Lipinski definition) is 0. The van der Waals surface area contributed by atoms with Crippen molar-refractivity contribution in [2.24, 2.45) is 0 Å². The van der Waals surface area contributed by atoms with Crippen LogP contribution < -0.4 is 0 Å². The quantitative estimate of drug-likeness (QED) is 0.543. The van der Waals surface area contributed by atoms with Crippen LogP contribution in [0.15, 0.2) is 53.2 Å². The molecule has 0 bridgehead atoms. The second kappa shape index (κ2) is 6.47. The molecule has 3 aromatic rings. The molecule has 4 rings (SSSR count). The molecule has 0 N–H and O–H groups in total. The van der Waals surface area contributed by atoms with E-state index in [1.54, 1.807) is 23.2 Å². The van der Waals surface area contributed by atoms with Crippen LogP contribution in [0.1, 0.15) is 35.0 Å². The summed E-state index contributed by atoms with van der Waals surface area (Å²) in [6.07, 6.45) is 4.70. The summed E-state index contributed by atoms with van der Waals surface area (Å²) in [6.45, 7) is 1.01. The number of fused-ring (bicyclic) bond motifs is 1. The average molecular weight is 335 g/mol. The first-order valence-electron chi connectivity index (χ1n) is 8.31. The van der Waals surface area contributed by atoms with E-state index in [1.807, 2.05) is 24.3 Å². The van der Waals surface area contributed by atoms with Gasteiger partial charge in [0.25, 0.3) is 11.7 Å². The topological polar surface area (TPSA) is 76.3 Å². The highest BCUT2D eigenvalue weighted by Crippen LogP contribution is 2.29. The van der Waals surface area contributed by atoms with Crippen molar-refractivity contribution in [1.82, 2.24) is 14.9 Å². The largest absolute Gasteiger partial charge is 0.440 e. The molecule has 1 saturated heterocycles. The van der Waals surface area contributed by atoms with E-state index in [1.165, 1.54) is 6.20 Å². The van der Waals surface area contributed by atoms with Gasteiger partial charge >= 0.3 is 0 Å². The predicted octanol–water partition coefficient (Wildman–Crippen LogP) is 2.81. The van der Waals surface area contributed by atoms with Crippen molar-refractivity contribution in [2.75, 3.05) is 13.1 Å². The van der Waals surface area contributed by atoms with Crippen molar-refractivity contribution in [2.45, 2.75) is 18.8 Å². The number of hydrogen-bond acceptors (Lipinski definition) is 5. The molecule has 0 saturated carbocycles. The Morgan fingerprint density at radius 2 is 2.04 bits per heavy atom. The molecule has 1 amide bonds. The summed E-state index contributed by atoms with van der Waals surface area (Å²) in [4.78, 5) is 34.9. The van der Waals surface area contributed by atoms with E-state index in [2.05, 4.69) is 9.97 Å². The van der Waals surface area contributed by atoms with E-state index in [-0.39, 0.29) is 5.92 Å². The molecular weight excluding hydrogens is 318 g/mol. The number of likely N-dealkylation sites (tertiary alicyclic amines) is 1. The normalized spacial score (nSPS) is 17.6. The standard InChI is InChI=1S/C19H17N3O3/c23-17(13-5-3-9-20-11-13)19(24)22-10-4-6-14(12-22)18-21-15-7-1-2-8-16(15)25-18/h1-3,5,7-9,11,14H,4,6,10,12H2. The van der Waals surface area contributed by atoms with Crippen molar-refractivity contribution in [3.05, 3.63) is 60.2 Å². The highest BCUT2D eigenvalue weighted by atomic mass is 16.3. The Kier molecular flexibility index (Phi) is 4.01. The SMILES string of the molecule is O=C(C(=O)N1CCCC(c2nc3ccccc3o2)C1)c1cccnc1. The number of aromatic nitrogens is 2. The van der Waals surface area contributed by atoms with Gasteiger partial charge in [0.2, 0.25) is 0 Å². The maximum absolute atomic E-state index is 12.5. The number of rotatable bonds is 3. The molecular formula is C19H17N3O3. The van der Waals surface area contributed by atoms with Crippen molar-refractivity contribution in [3.8, 4) is 0 Å². The van der Waals surface area contributed by atoms with Crippen molar-refractivity contribution in [3.63, 3.8) is 0 Å². The molecule has 3 heterocycles. The Balaban J connectivity index is 1.52. The number of ketones is 1. The minimum atomic E-state index is -0.522. The molecule has 1 atom stereocenters. The van der Waals surface area contributed by atoms with Crippen LogP contribution in [0.5, 0.6) is 0 Å². The minimum Gasteiger partial charge on any atom is -0.440 e. The van der Waals surface area contributed by atoms with Crippen LogP contribution >= 0.6 is 0 Å². The van der Waals surface area contributed by atoms with Gasteiger partial charge in [-0.2, -0.15) is 0 Å². The molecule has 1 fully saturated rings. The maximum atomic E-state index is 12.5. The Bertz CT molecular complexity index is 887. The molecule has 6 nitrogen and oxygen atoms in total. The lowest BCUT2D eigenvalue weighted by molar-refractivity contribution is -0.127. The highest BCUT2D eigenvalue weighted by molar-refractivity contribution is 6.42. The second-order valence-corrected chi connectivity index (χ2v) is 6.18. The van der Waals surface area contributed by atoms with E-state index in [0.29, 0.717) is 24.5 Å². The number of carbonyl (C=O) groups excluding carboxylic acids is 2. The molecule has 126 valence electrons. The van der Waals surface area contributed by atoms with Crippen LogP contribution in [0.25, 0.3) is 11.1 Å². The number of carbonyl (C=O) groups is 2. The fourth-order valence-corrected chi connectivity index (χ4v) is 3.19. The number of benzene rings is 1. The van der Waals surface area contributed by atoms with Crippen molar-refractivity contribution < 1.29 is 14.0 Å². The Morgan fingerprint density at radius 1 is 1.16 bits per heavy atom. The first kappa shape index (κ1) is 15.5. The van der Waals surface area contributed by atoms with Crippen molar-refractivity contribution in [1.29, 1.82) is 0 Å². The predicted molar refractivity (Wildman–Crippen MR) is 91.1 cm³/mol. The Hall–Kier alpha value is -3.02. The van der Waals surface area contributed by atoms with Gasteiger partial charge in [-0.25, -0.2) is 4.98 Å². The fraction of sp³-hybridized carbons (Fsp3) is 0.263. The van der Waals surface area contributed by atoms with Crippen molar-refractivity contribution >= 4 is 22.8 Å². The second-order valence-electron chi connectivity index (χ2n) is 6.18. The van der Waals surface area contributed by atoms with Gasteiger partial charge in [-0.15, -0.1) is 0 Å². The van der Waals surface area contributed by atoms with Crippen LogP contribution in [0.3, 0.4) is 0 Å². The molecule has 0 radical (unpaired) electrons. The van der Waals surface area contributed by atoms with E-state index >= 15 is 0 Å². The number of para-hydroxylation sites is 2. The molecule has 0 aliphatic carbocycles. The van der Waals surface area contributed by atoms with Gasteiger partial charge in [0.05, 0.1) is 5.92 Å². The van der Waals surface area contributed by atoms with Crippen LogP contribution in [-0.2, 0) is 4.79 Å². The minimum absolute atomic E-state index is 0.00629. The highest BCUT2D eigenvalue weighted by Gasteiger charge is 2.31. The van der Waals surface area contributed by atoms with Gasteiger partial charge in [-0.1, -0.05) is 12.1 Å². The monoisotopic (exact) mass is 335 g/mol. The summed E-state index contributed by atoms with van der Waals surface area (Å²) in [5, 5.41) is 0. The molecule has 1 aliphatic rings. The first-order chi connectivity index (χ1) is 12.2. The van der Waals surface area contributed by atoms with Gasteiger partial charge in [0.15, 0.2) is 11.5 Å². The van der Waals surface area contributed by atoms with Gasteiger partial charge in [-0.3, -0.25) is 14.6 Å². The Morgan fingerprint density at radius 3 is 2.84 bits per heavy atom.